The topological polar surface area (TPSA) is 53.5 Å². The van der Waals surface area contributed by atoms with E-state index in [4.69, 9.17) is 23.2 Å². The summed E-state index contributed by atoms with van der Waals surface area (Å²) < 4.78 is 0. The van der Waals surface area contributed by atoms with Gasteiger partial charge >= 0.3 is 0 Å². The van der Waals surface area contributed by atoms with Crippen LogP contribution in [0.4, 0.5) is 0 Å². The number of carbonyl (C=O) groups excluding carboxylic acids is 2. The zero-order chi connectivity index (χ0) is 14.7. The molecule has 0 unspecified atom stereocenters. The number of carbonyl (C=O) groups is 2. The predicted octanol–water partition coefficient (Wildman–Crippen LogP) is 2.08. The third kappa shape index (κ3) is 3.41. The lowest BCUT2D eigenvalue weighted by Crippen LogP contribution is -2.39. The number of hydrogen-bond donors (Lipinski definition) is 0. The molecule has 0 aliphatic carbocycles. The minimum atomic E-state index is -0.341. The van der Waals surface area contributed by atoms with Gasteiger partial charge < -0.3 is 9.80 Å². The van der Waals surface area contributed by atoms with Gasteiger partial charge in [-0.3, -0.25) is 9.59 Å². The van der Waals surface area contributed by atoms with Crippen LogP contribution in [0, 0.1) is 0 Å². The van der Waals surface area contributed by atoms with Gasteiger partial charge in [0, 0.05) is 26.3 Å². The summed E-state index contributed by atoms with van der Waals surface area (Å²) in [5, 5.41) is 0.414. The van der Waals surface area contributed by atoms with E-state index < -0.39 is 0 Å². The summed E-state index contributed by atoms with van der Waals surface area (Å²) in [6, 6.07) is 1.41. The van der Waals surface area contributed by atoms with Gasteiger partial charge in [-0.1, -0.05) is 23.2 Å². The van der Waals surface area contributed by atoms with Crippen LogP contribution >= 0.6 is 23.2 Å². The second-order valence-electron chi connectivity index (χ2n) is 4.74. The van der Waals surface area contributed by atoms with Gasteiger partial charge in [0.2, 0.25) is 5.91 Å². The van der Waals surface area contributed by atoms with E-state index in [1.807, 2.05) is 0 Å². The lowest BCUT2D eigenvalue weighted by Gasteiger charge is -2.21. The van der Waals surface area contributed by atoms with Crippen LogP contribution in [0.5, 0.6) is 0 Å². The number of aromatic nitrogens is 1. The maximum Gasteiger partial charge on any atom is 0.255 e. The molecule has 2 rings (SSSR count). The van der Waals surface area contributed by atoms with Crippen LogP contribution in [0.15, 0.2) is 12.3 Å². The summed E-state index contributed by atoms with van der Waals surface area (Å²) in [6.07, 6.45) is 3.37. The van der Waals surface area contributed by atoms with Crippen molar-refractivity contribution >= 4 is 35.0 Å². The number of rotatable bonds is 3. The van der Waals surface area contributed by atoms with E-state index in [0.29, 0.717) is 0 Å². The van der Waals surface area contributed by atoms with E-state index in [9.17, 15) is 9.59 Å². The Hall–Kier alpha value is -1.33. The Balaban J connectivity index is 2.04. The Morgan fingerprint density at radius 2 is 2.00 bits per heavy atom. The van der Waals surface area contributed by atoms with Crippen LogP contribution in [0.25, 0.3) is 0 Å². The van der Waals surface area contributed by atoms with Gasteiger partial charge in [0.15, 0.2) is 0 Å². The van der Waals surface area contributed by atoms with Gasteiger partial charge in [0.25, 0.3) is 5.91 Å². The summed E-state index contributed by atoms with van der Waals surface area (Å²) in [5.41, 5.74) is 0.253. The van der Waals surface area contributed by atoms with Crippen LogP contribution in [0.2, 0.25) is 10.2 Å². The van der Waals surface area contributed by atoms with Gasteiger partial charge in [-0.2, -0.15) is 0 Å². The molecule has 108 valence electrons. The number of hydrogen-bond acceptors (Lipinski definition) is 3. The van der Waals surface area contributed by atoms with Crippen molar-refractivity contribution in [1.82, 2.24) is 14.8 Å². The lowest BCUT2D eigenvalue weighted by molar-refractivity contribution is -0.130. The van der Waals surface area contributed by atoms with Crippen molar-refractivity contribution in [1.29, 1.82) is 0 Å². The first-order valence-corrected chi connectivity index (χ1v) is 7.09. The summed E-state index contributed by atoms with van der Waals surface area (Å²) in [7, 11) is 1.57. The minimum Gasteiger partial charge on any atom is -0.341 e. The Kier molecular flexibility index (Phi) is 4.83. The molecule has 7 heteroatoms. The molecular weight excluding hydrogens is 301 g/mol. The smallest absolute Gasteiger partial charge is 0.255 e. The maximum atomic E-state index is 12.3. The fourth-order valence-corrected chi connectivity index (χ4v) is 2.47. The molecule has 0 saturated carbocycles. The third-order valence-corrected chi connectivity index (χ3v) is 3.74. The van der Waals surface area contributed by atoms with Gasteiger partial charge in [-0.15, -0.1) is 0 Å². The highest BCUT2D eigenvalue weighted by atomic mass is 35.5. The molecule has 0 atom stereocenters. The third-order valence-electron chi connectivity index (χ3n) is 3.23. The van der Waals surface area contributed by atoms with Crippen molar-refractivity contribution in [2.75, 3.05) is 26.7 Å². The SMILES string of the molecule is CN(CC(=O)N1CCCC1)C(=O)c1cc(Cl)ncc1Cl. The van der Waals surface area contributed by atoms with Crippen LogP contribution in [0.1, 0.15) is 23.2 Å². The number of nitrogens with zero attached hydrogens (tertiary/aromatic N) is 3. The molecule has 1 aliphatic heterocycles. The Bertz CT molecular complexity index is 530. The molecule has 20 heavy (non-hydrogen) atoms. The molecule has 0 spiro atoms. The zero-order valence-electron chi connectivity index (χ0n) is 11.1. The quantitative estimate of drug-likeness (QED) is 0.802. The fourth-order valence-electron chi connectivity index (χ4n) is 2.12. The van der Waals surface area contributed by atoms with Gasteiger partial charge in [0.05, 0.1) is 17.1 Å². The van der Waals surface area contributed by atoms with E-state index in [1.54, 1.807) is 11.9 Å². The highest BCUT2D eigenvalue weighted by Crippen LogP contribution is 2.19. The molecule has 1 saturated heterocycles. The molecule has 2 amide bonds. The van der Waals surface area contributed by atoms with E-state index in [2.05, 4.69) is 4.98 Å². The van der Waals surface area contributed by atoms with E-state index in [-0.39, 0.29) is 34.1 Å². The second kappa shape index (κ2) is 6.41. The lowest BCUT2D eigenvalue weighted by atomic mass is 10.2. The number of likely N-dealkylation sites (tertiary alicyclic amines) is 1. The molecule has 2 heterocycles. The van der Waals surface area contributed by atoms with Crippen LogP contribution in [0.3, 0.4) is 0 Å². The van der Waals surface area contributed by atoms with Gasteiger partial charge in [-0.25, -0.2) is 4.98 Å². The Morgan fingerprint density at radius 3 is 2.65 bits per heavy atom. The van der Waals surface area contributed by atoms with Crippen LogP contribution in [-0.2, 0) is 4.79 Å². The second-order valence-corrected chi connectivity index (χ2v) is 5.53. The first-order chi connectivity index (χ1) is 9.49. The average molecular weight is 316 g/mol. The van der Waals surface area contributed by atoms with Crippen molar-refractivity contribution in [2.45, 2.75) is 12.8 Å². The zero-order valence-corrected chi connectivity index (χ0v) is 12.6. The Morgan fingerprint density at radius 1 is 1.35 bits per heavy atom. The fraction of sp³-hybridized carbons (Fsp3) is 0.462. The first kappa shape index (κ1) is 15.1. The van der Waals surface area contributed by atoms with Gasteiger partial charge in [-0.05, 0) is 18.9 Å². The first-order valence-electron chi connectivity index (χ1n) is 6.33. The standard InChI is InChI=1S/C13H15Cl2N3O2/c1-17(8-12(19)18-4-2-3-5-18)13(20)9-6-11(15)16-7-10(9)14/h6-7H,2-5,8H2,1H3. The normalized spacial score (nSPS) is 14.4. The largest absolute Gasteiger partial charge is 0.341 e. The predicted molar refractivity (Wildman–Crippen MR) is 77.0 cm³/mol. The molecule has 0 aromatic carbocycles. The molecule has 5 nitrogen and oxygen atoms in total. The number of likely N-dealkylation sites (N-methyl/N-ethyl adjacent to an activating group) is 1. The number of amides is 2. The van der Waals surface area contributed by atoms with Crippen molar-refractivity contribution in [2.24, 2.45) is 0 Å². The molecule has 1 aromatic rings. The molecule has 0 bridgehead atoms. The van der Waals surface area contributed by atoms with E-state index in [0.717, 1.165) is 25.9 Å². The van der Waals surface area contributed by atoms with E-state index >= 15 is 0 Å². The van der Waals surface area contributed by atoms with E-state index in [1.165, 1.54) is 17.2 Å². The van der Waals surface area contributed by atoms with Gasteiger partial charge in [0.1, 0.15) is 5.15 Å². The molecule has 1 fully saturated rings. The average Bonchev–Trinajstić information content (AvgIpc) is 2.94. The monoisotopic (exact) mass is 315 g/mol. The van der Waals surface area contributed by atoms with Crippen molar-refractivity contribution in [3.05, 3.63) is 28.0 Å². The van der Waals surface area contributed by atoms with Crippen molar-refractivity contribution in [3.63, 3.8) is 0 Å². The van der Waals surface area contributed by atoms with Crippen molar-refractivity contribution < 1.29 is 9.59 Å². The maximum absolute atomic E-state index is 12.3. The minimum absolute atomic E-state index is 0.0368. The number of pyridine rings is 1. The highest BCUT2D eigenvalue weighted by molar-refractivity contribution is 6.35. The molecular formula is C13H15Cl2N3O2. The summed E-state index contributed by atoms with van der Waals surface area (Å²) in [5.74, 6) is -0.388. The molecule has 1 aromatic heterocycles. The molecule has 0 radical (unpaired) electrons. The Labute approximate surface area is 127 Å². The molecule has 0 N–H and O–H groups in total. The number of halogens is 2. The summed E-state index contributed by atoms with van der Waals surface area (Å²) in [6.45, 7) is 1.57. The summed E-state index contributed by atoms with van der Waals surface area (Å²) in [4.78, 5) is 31.2. The van der Waals surface area contributed by atoms with Crippen LogP contribution < -0.4 is 0 Å². The van der Waals surface area contributed by atoms with Crippen LogP contribution in [-0.4, -0.2) is 53.3 Å². The van der Waals surface area contributed by atoms with Crippen molar-refractivity contribution in [3.8, 4) is 0 Å². The summed E-state index contributed by atoms with van der Waals surface area (Å²) >= 11 is 11.7. The molecule has 1 aliphatic rings. The highest BCUT2D eigenvalue weighted by Gasteiger charge is 2.23.